The van der Waals surface area contributed by atoms with E-state index in [0.717, 1.165) is 18.4 Å². The molecule has 1 unspecified atom stereocenters. The minimum Gasteiger partial charge on any atom is -0.465 e. The fraction of sp³-hybridized carbons (Fsp3) is 0.467. The van der Waals surface area contributed by atoms with E-state index in [0.29, 0.717) is 12.0 Å². The van der Waals surface area contributed by atoms with Gasteiger partial charge in [-0.05, 0) is 37.0 Å². The van der Waals surface area contributed by atoms with Gasteiger partial charge in [0.2, 0.25) is 0 Å². The maximum Gasteiger partial charge on any atom is 0.337 e. The maximum absolute atomic E-state index is 11.3. The fourth-order valence-corrected chi connectivity index (χ4v) is 2.09. The van der Waals surface area contributed by atoms with Gasteiger partial charge >= 0.3 is 5.97 Å². The van der Waals surface area contributed by atoms with Crippen LogP contribution >= 0.6 is 0 Å². The molecule has 1 atom stereocenters. The topological polar surface area (TPSA) is 43.4 Å². The van der Waals surface area contributed by atoms with Crippen molar-refractivity contribution in [2.24, 2.45) is 0 Å². The van der Waals surface area contributed by atoms with Crippen molar-refractivity contribution in [3.63, 3.8) is 0 Å². The second-order valence-electron chi connectivity index (χ2n) is 4.51. The van der Waals surface area contributed by atoms with Gasteiger partial charge in [-0.1, -0.05) is 25.5 Å². The molecule has 1 aromatic carbocycles. The van der Waals surface area contributed by atoms with Crippen molar-refractivity contribution >= 4 is 11.8 Å². The molecule has 0 radical (unpaired) electrons. The summed E-state index contributed by atoms with van der Waals surface area (Å²) in [6.07, 6.45) is 2.58. The van der Waals surface area contributed by atoms with Crippen LogP contribution in [0.4, 0.5) is 0 Å². The largest absolute Gasteiger partial charge is 0.465 e. The van der Waals surface area contributed by atoms with E-state index in [-0.39, 0.29) is 17.7 Å². The average molecular weight is 248 g/mol. The lowest BCUT2D eigenvalue weighted by Gasteiger charge is -2.15. The smallest absolute Gasteiger partial charge is 0.337 e. The Balaban J connectivity index is 2.86. The molecule has 0 aliphatic carbocycles. The first-order chi connectivity index (χ1) is 8.58. The predicted octanol–water partition coefficient (Wildman–Crippen LogP) is 3.34. The van der Waals surface area contributed by atoms with Crippen molar-refractivity contribution in [2.75, 3.05) is 7.11 Å². The number of benzene rings is 1. The van der Waals surface area contributed by atoms with Crippen molar-refractivity contribution in [1.29, 1.82) is 0 Å². The highest BCUT2D eigenvalue weighted by atomic mass is 16.5. The van der Waals surface area contributed by atoms with E-state index in [1.165, 1.54) is 7.11 Å². The van der Waals surface area contributed by atoms with E-state index in [1.807, 2.05) is 12.1 Å². The summed E-state index contributed by atoms with van der Waals surface area (Å²) in [5.41, 5.74) is 1.65. The first-order valence-electron chi connectivity index (χ1n) is 6.26. The van der Waals surface area contributed by atoms with Gasteiger partial charge in [0.25, 0.3) is 0 Å². The molecule has 3 nitrogen and oxygen atoms in total. The molecule has 0 bridgehead atoms. The molecule has 0 aliphatic heterocycles. The molecular weight excluding hydrogens is 228 g/mol. The van der Waals surface area contributed by atoms with E-state index in [9.17, 15) is 9.59 Å². The third kappa shape index (κ3) is 3.99. The Labute approximate surface area is 108 Å². The first-order valence-corrected chi connectivity index (χ1v) is 6.26. The van der Waals surface area contributed by atoms with Gasteiger partial charge in [-0.15, -0.1) is 0 Å². The van der Waals surface area contributed by atoms with Crippen molar-refractivity contribution in [3.05, 3.63) is 35.4 Å². The summed E-state index contributed by atoms with van der Waals surface area (Å²) < 4.78 is 4.66. The summed E-state index contributed by atoms with van der Waals surface area (Å²) in [4.78, 5) is 22.6. The Morgan fingerprint density at radius 3 is 2.28 bits per heavy atom. The molecule has 1 aromatic rings. The molecule has 0 N–H and O–H groups in total. The van der Waals surface area contributed by atoms with Crippen LogP contribution in [0.15, 0.2) is 24.3 Å². The summed E-state index contributed by atoms with van der Waals surface area (Å²) in [5, 5.41) is 0. The van der Waals surface area contributed by atoms with E-state index < -0.39 is 0 Å². The van der Waals surface area contributed by atoms with Crippen molar-refractivity contribution in [2.45, 2.75) is 39.0 Å². The van der Waals surface area contributed by atoms with Gasteiger partial charge < -0.3 is 9.53 Å². The van der Waals surface area contributed by atoms with Crippen LogP contribution in [0.3, 0.4) is 0 Å². The number of carbonyl (C=O) groups excluding carboxylic acids is 2. The molecule has 0 heterocycles. The molecule has 98 valence electrons. The highest BCUT2D eigenvalue weighted by Crippen LogP contribution is 2.25. The third-order valence-corrected chi connectivity index (χ3v) is 2.97. The van der Waals surface area contributed by atoms with E-state index >= 15 is 0 Å². The van der Waals surface area contributed by atoms with Gasteiger partial charge in [-0.2, -0.15) is 0 Å². The Kier molecular flexibility index (Phi) is 5.56. The zero-order valence-electron chi connectivity index (χ0n) is 11.2. The number of esters is 1. The number of rotatable bonds is 6. The van der Waals surface area contributed by atoms with Gasteiger partial charge in [0.05, 0.1) is 12.7 Å². The molecule has 0 aliphatic rings. The highest BCUT2D eigenvalue weighted by Gasteiger charge is 2.14. The van der Waals surface area contributed by atoms with Crippen molar-refractivity contribution in [1.82, 2.24) is 0 Å². The number of carbonyl (C=O) groups is 2. The van der Waals surface area contributed by atoms with Crippen LogP contribution in [-0.4, -0.2) is 18.9 Å². The molecular formula is C15H20O3. The average Bonchev–Trinajstić information content (AvgIpc) is 2.37. The second kappa shape index (κ2) is 6.94. The number of ketones is 1. The Hall–Kier alpha value is -1.64. The number of ether oxygens (including phenoxy) is 1. The van der Waals surface area contributed by atoms with Gasteiger partial charge in [0, 0.05) is 6.42 Å². The predicted molar refractivity (Wildman–Crippen MR) is 70.7 cm³/mol. The first kappa shape index (κ1) is 14.4. The number of hydrogen-bond donors (Lipinski definition) is 0. The summed E-state index contributed by atoms with van der Waals surface area (Å²) in [6, 6.07) is 7.33. The molecule has 1 rings (SSSR count). The number of Topliss-reactive ketones (excluding diaryl/α,β-unsaturated/α-hetero) is 1. The second-order valence-corrected chi connectivity index (χ2v) is 4.51. The lowest BCUT2D eigenvalue weighted by atomic mass is 9.89. The number of hydrogen-bond acceptors (Lipinski definition) is 3. The van der Waals surface area contributed by atoms with E-state index in [1.54, 1.807) is 19.1 Å². The van der Waals surface area contributed by atoms with Gasteiger partial charge in [0.15, 0.2) is 0 Å². The van der Waals surface area contributed by atoms with Crippen LogP contribution in [0, 0.1) is 0 Å². The number of methoxy groups -OCH3 is 1. The molecule has 0 aromatic heterocycles. The molecule has 0 saturated heterocycles. The zero-order chi connectivity index (χ0) is 13.5. The van der Waals surface area contributed by atoms with Crippen LogP contribution < -0.4 is 0 Å². The minimum absolute atomic E-state index is 0.200. The summed E-state index contributed by atoms with van der Waals surface area (Å²) in [5.74, 6) is 0.116. The molecule has 0 spiro atoms. The highest BCUT2D eigenvalue weighted by molar-refractivity contribution is 5.89. The van der Waals surface area contributed by atoms with E-state index in [4.69, 9.17) is 0 Å². The Morgan fingerprint density at radius 1 is 1.22 bits per heavy atom. The maximum atomic E-state index is 11.3. The van der Waals surface area contributed by atoms with Gasteiger partial charge in [-0.25, -0.2) is 4.79 Å². The molecule has 18 heavy (non-hydrogen) atoms. The SMILES string of the molecule is CCCC(CC(C)=O)c1ccc(C(=O)OC)cc1. The van der Waals surface area contributed by atoms with Crippen LogP contribution in [0.5, 0.6) is 0 Å². The Bertz CT molecular complexity index is 406. The van der Waals surface area contributed by atoms with Crippen LogP contribution in [0.1, 0.15) is 54.9 Å². The lowest BCUT2D eigenvalue weighted by Crippen LogP contribution is -2.06. The zero-order valence-corrected chi connectivity index (χ0v) is 11.2. The lowest BCUT2D eigenvalue weighted by molar-refractivity contribution is -0.117. The molecule has 0 amide bonds. The van der Waals surface area contributed by atoms with Gasteiger partial charge in [-0.3, -0.25) is 0 Å². The monoisotopic (exact) mass is 248 g/mol. The minimum atomic E-state index is -0.333. The summed E-state index contributed by atoms with van der Waals surface area (Å²) in [6.45, 7) is 3.72. The normalized spacial score (nSPS) is 11.9. The fourth-order valence-electron chi connectivity index (χ4n) is 2.09. The van der Waals surface area contributed by atoms with Crippen LogP contribution in [0.2, 0.25) is 0 Å². The third-order valence-electron chi connectivity index (χ3n) is 2.97. The Morgan fingerprint density at radius 2 is 1.83 bits per heavy atom. The molecule has 0 saturated carbocycles. The molecule has 3 heteroatoms. The van der Waals surface area contributed by atoms with Gasteiger partial charge in [0.1, 0.15) is 5.78 Å². The van der Waals surface area contributed by atoms with Crippen molar-refractivity contribution in [3.8, 4) is 0 Å². The molecule has 0 fully saturated rings. The summed E-state index contributed by atoms with van der Waals surface area (Å²) >= 11 is 0. The van der Waals surface area contributed by atoms with Crippen LogP contribution in [0.25, 0.3) is 0 Å². The van der Waals surface area contributed by atoms with Crippen LogP contribution in [-0.2, 0) is 9.53 Å². The van der Waals surface area contributed by atoms with Crippen molar-refractivity contribution < 1.29 is 14.3 Å². The quantitative estimate of drug-likeness (QED) is 0.725. The summed E-state index contributed by atoms with van der Waals surface area (Å²) in [7, 11) is 1.37. The standard InChI is InChI=1S/C15H20O3/c1-4-5-14(10-11(2)16)12-6-8-13(9-7-12)15(17)18-3/h6-9,14H,4-5,10H2,1-3H3. The van der Waals surface area contributed by atoms with E-state index in [2.05, 4.69) is 11.7 Å².